The van der Waals surface area contributed by atoms with Crippen molar-refractivity contribution in [1.29, 1.82) is 0 Å². The first kappa shape index (κ1) is 12.4. The van der Waals surface area contributed by atoms with E-state index in [0.29, 0.717) is 0 Å². The number of hydrogen-bond donors (Lipinski definition) is 0. The molecular formula is C9H12N2O4S. The Labute approximate surface area is 93.9 Å². The Morgan fingerprint density at radius 1 is 1.50 bits per heavy atom. The zero-order valence-corrected chi connectivity index (χ0v) is 9.98. The number of esters is 1. The van der Waals surface area contributed by atoms with E-state index >= 15 is 0 Å². The van der Waals surface area contributed by atoms with Gasteiger partial charge in [0.05, 0.1) is 18.9 Å². The summed E-state index contributed by atoms with van der Waals surface area (Å²) in [6.45, 7) is 0. The molecule has 0 aliphatic heterocycles. The Morgan fingerprint density at radius 3 is 2.62 bits per heavy atom. The predicted molar refractivity (Wildman–Crippen MR) is 58.8 cm³/mol. The Morgan fingerprint density at radius 2 is 2.12 bits per heavy atom. The molecule has 16 heavy (non-hydrogen) atoms. The van der Waals surface area contributed by atoms with Crippen molar-refractivity contribution in [3.8, 4) is 0 Å². The van der Waals surface area contributed by atoms with Crippen molar-refractivity contribution in [2.24, 2.45) is 0 Å². The minimum absolute atomic E-state index is 0.172. The first-order valence-corrected chi connectivity index (χ1v) is 6.19. The number of pyridine rings is 1. The number of aromatic nitrogens is 1. The van der Waals surface area contributed by atoms with E-state index in [1.165, 1.54) is 32.5 Å². The SMILES string of the molecule is COC(=O)c1ccnc(N(C)S(C)(=O)=O)c1. The van der Waals surface area contributed by atoms with Crippen molar-refractivity contribution in [3.05, 3.63) is 23.9 Å². The zero-order valence-electron chi connectivity index (χ0n) is 9.17. The van der Waals surface area contributed by atoms with Gasteiger partial charge in [-0.05, 0) is 12.1 Å². The van der Waals surface area contributed by atoms with Gasteiger partial charge in [0.2, 0.25) is 10.0 Å². The number of nitrogens with zero attached hydrogens (tertiary/aromatic N) is 2. The molecule has 0 saturated carbocycles. The summed E-state index contributed by atoms with van der Waals surface area (Å²) in [5, 5.41) is 0. The highest BCUT2D eigenvalue weighted by atomic mass is 32.2. The van der Waals surface area contributed by atoms with Crippen LogP contribution < -0.4 is 4.31 Å². The van der Waals surface area contributed by atoms with E-state index in [1.807, 2.05) is 0 Å². The lowest BCUT2D eigenvalue weighted by molar-refractivity contribution is 0.0600. The summed E-state index contributed by atoms with van der Waals surface area (Å²) in [6, 6.07) is 2.80. The molecule has 1 heterocycles. The fourth-order valence-corrected chi connectivity index (χ4v) is 1.44. The fraction of sp³-hybridized carbons (Fsp3) is 0.333. The largest absolute Gasteiger partial charge is 0.465 e. The van der Waals surface area contributed by atoms with Crippen LogP contribution in [-0.4, -0.2) is 39.8 Å². The van der Waals surface area contributed by atoms with Crippen LogP contribution in [0.15, 0.2) is 18.3 Å². The summed E-state index contributed by atoms with van der Waals surface area (Å²) < 4.78 is 28.0. The second-order valence-corrected chi connectivity index (χ2v) is 5.14. The van der Waals surface area contributed by atoms with Gasteiger partial charge >= 0.3 is 5.97 Å². The molecule has 0 radical (unpaired) electrons. The summed E-state index contributed by atoms with van der Waals surface area (Å²) >= 11 is 0. The van der Waals surface area contributed by atoms with Crippen LogP contribution in [0.25, 0.3) is 0 Å². The number of rotatable bonds is 3. The summed E-state index contributed by atoms with van der Waals surface area (Å²) in [4.78, 5) is 15.1. The minimum atomic E-state index is -3.39. The maximum atomic E-state index is 11.3. The van der Waals surface area contributed by atoms with Crippen molar-refractivity contribution >= 4 is 21.8 Å². The first-order valence-electron chi connectivity index (χ1n) is 4.34. The third-order valence-corrected chi connectivity index (χ3v) is 3.17. The van der Waals surface area contributed by atoms with Crippen molar-refractivity contribution in [2.45, 2.75) is 0 Å². The van der Waals surface area contributed by atoms with E-state index in [4.69, 9.17) is 0 Å². The summed E-state index contributed by atoms with van der Waals surface area (Å²) in [5.74, 6) is -0.365. The Bertz CT molecular complexity index is 498. The van der Waals surface area contributed by atoms with Gasteiger partial charge in [0, 0.05) is 13.2 Å². The molecule has 7 heteroatoms. The number of sulfonamides is 1. The highest BCUT2D eigenvalue weighted by Gasteiger charge is 2.15. The maximum Gasteiger partial charge on any atom is 0.338 e. The quantitative estimate of drug-likeness (QED) is 0.713. The van der Waals surface area contributed by atoms with Gasteiger partial charge in [-0.1, -0.05) is 0 Å². The van der Waals surface area contributed by atoms with Gasteiger partial charge in [-0.3, -0.25) is 4.31 Å². The van der Waals surface area contributed by atoms with Crippen molar-refractivity contribution in [3.63, 3.8) is 0 Å². The average Bonchev–Trinajstić information content (AvgIpc) is 2.26. The third-order valence-electron chi connectivity index (χ3n) is 1.99. The molecule has 1 aromatic heterocycles. The molecule has 6 nitrogen and oxygen atoms in total. The molecule has 0 spiro atoms. The molecule has 0 saturated heterocycles. The van der Waals surface area contributed by atoms with Gasteiger partial charge < -0.3 is 4.74 Å². The van der Waals surface area contributed by atoms with E-state index in [-0.39, 0.29) is 11.4 Å². The molecule has 0 unspecified atom stereocenters. The monoisotopic (exact) mass is 244 g/mol. The lowest BCUT2D eigenvalue weighted by Gasteiger charge is -2.15. The van der Waals surface area contributed by atoms with Crippen LogP contribution in [-0.2, 0) is 14.8 Å². The number of ether oxygens (including phenoxy) is 1. The second kappa shape index (κ2) is 4.48. The third kappa shape index (κ3) is 2.69. The van der Waals surface area contributed by atoms with E-state index in [0.717, 1.165) is 10.6 Å². The maximum absolute atomic E-state index is 11.3. The average molecular weight is 244 g/mol. The number of anilines is 1. The van der Waals surface area contributed by atoms with E-state index < -0.39 is 16.0 Å². The van der Waals surface area contributed by atoms with Gasteiger partial charge in [0.25, 0.3) is 0 Å². The standard InChI is InChI=1S/C9H12N2O4S/c1-11(16(3,13)14)8-6-7(4-5-10-8)9(12)15-2/h4-6H,1-3H3. The van der Waals surface area contributed by atoms with Crippen LogP contribution in [0.5, 0.6) is 0 Å². The smallest absolute Gasteiger partial charge is 0.338 e. The summed E-state index contributed by atoms with van der Waals surface area (Å²) in [6.07, 6.45) is 2.41. The Hall–Kier alpha value is -1.63. The molecule has 0 N–H and O–H groups in total. The van der Waals surface area contributed by atoms with Crippen LogP contribution in [0.3, 0.4) is 0 Å². The van der Waals surface area contributed by atoms with E-state index in [1.54, 1.807) is 0 Å². The lowest BCUT2D eigenvalue weighted by atomic mass is 10.2. The van der Waals surface area contributed by atoms with Gasteiger partial charge in [-0.15, -0.1) is 0 Å². The molecule has 0 fully saturated rings. The molecule has 1 aromatic rings. The normalized spacial score (nSPS) is 10.9. The number of carbonyl (C=O) groups excluding carboxylic acids is 1. The van der Waals surface area contributed by atoms with E-state index in [9.17, 15) is 13.2 Å². The van der Waals surface area contributed by atoms with Gasteiger partial charge in [-0.2, -0.15) is 0 Å². The van der Waals surface area contributed by atoms with Gasteiger partial charge in [-0.25, -0.2) is 18.2 Å². The Kier molecular flexibility index (Phi) is 3.48. The number of carbonyl (C=O) groups is 1. The van der Waals surface area contributed by atoms with Crippen LogP contribution in [0.4, 0.5) is 5.82 Å². The van der Waals surface area contributed by atoms with Crippen LogP contribution in [0, 0.1) is 0 Å². The molecule has 88 valence electrons. The topological polar surface area (TPSA) is 76.6 Å². The molecule has 0 aliphatic rings. The van der Waals surface area contributed by atoms with Gasteiger partial charge in [0.1, 0.15) is 5.82 Å². The molecule has 1 rings (SSSR count). The minimum Gasteiger partial charge on any atom is -0.465 e. The van der Waals surface area contributed by atoms with Crippen molar-refractivity contribution in [1.82, 2.24) is 4.98 Å². The van der Waals surface area contributed by atoms with Crippen LogP contribution >= 0.6 is 0 Å². The van der Waals surface area contributed by atoms with Gasteiger partial charge in [0.15, 0.2) is 0 Å². The van der Waals surface area contributed by atoms with Crippen LogP contribution in [0.1, 0.15) is 10.4 Å². The molecule has 0 atom stereocenters. The molecular weight excluding hydrogens is 232 g/mol. The molecule has 0 aliphatic carbocycles. The predicted octanol–water partition coefficient (Wildman–Crippen LogP) is 0.264. The zero-order chi connectivity index (χ0) is 12.3. The molecule has 0 amide bonds. The van der Waals surface area contributed by atoms with E-state index in [2.05, 4.69) is 9.72 Å². The van der Waals surface area contributed by atoms with Crippen molar-refractivity contribution < 1.29 is 17.9 Å². The second-order valence-electron chi connectivity index (χ2n) is 3.12. The molecule has 0 bridgehead atoms. The Balaban J connectivity index is 3.13. The van der Waals surface area contributed by atoms with Crippen LogP contribution in [0.2, 0.25) is 0 Å². The number of hydrogen-bond acceptors (Lipinski definition) is 5. The lowest BCUT2D eigenvalue weighted by Crippen LogP contribution is -2.26. The summed E-state index contributed by atoms with van der Waals surface area (Å²) in [5.41, 5.74) is 0.253. The highest BCUT2D eigenvalue weighted by Crippen LogP contribution is 2.14. The first-order chi connectivity index (χ1) is 7.36. The van der Waals surface area contributed by atoms with Crippen molar-refractivity contribution in [2.75, 3.05) is 24.7 Å². The molecule has 0 aromatic carbocycles. The fourth-order valence-electron chi connectivity index (χ4n) is 1.01. The number of methoxy groups -OCH3 is 1. The summed E-state index contributed by atoms with van der Waals surface area (Å²) in [7, 11) is -0.774. The highest BCUT2D eigenvalue weighted by molar-refractivity contribution is 7.92.